The lowest BCUT2D eigenvalue weighted by Gasteiger charge is -2.23. The standard InChI is InChI=1S/C9H20N3S.2BrH/c1-12(2,3)7-4-8-13-9-10-5-6-11-9;;/h4-8H2,1-3H3,(H,10,11);2*1H/q+1;;/p-1. The average Bonchev–Trinajstić information content (AvgIpc) is 2.48. The third kappa shape index (κ3) is 9.81. The summed E-state index contributed by atoms with van der Waals surface area (Å²) in [5.41, 5.74) is 0. The van der Waals surface area contributed by atoms with Gasteiger partial charge >= 0.3 is 0 Å². The number of amidine groups is 1. The van der Waals surface area contributed by atoms with Crippen LogP contribution in [0.4, 0.5) is 0 Å². The number of thioether (sulfide) groups is 1. The van der Waals surface area contributed by atoms with E-state index < -0.39 is 0 Å². The Hall–Kier alpha value is 0.900. The Labute approximate surface area is 118 Å². The second-order valence-electron chi connectivity index (χ2n) is 4.43. The highest BCUT2D eigenvalue weighted by molar-refractivity contribution is 8.13. The lowest BCUT2D eigenvalue weighted by Crippen LogP contribution is -3.00. The minimum atomic E-state index is 0. The number of hydrogen-bond donors (Lipinski definition) is 1. The smallest absolute Gasteiger partial charge is 0.255 e. The molecule has 0 aliphatic carbocycles. The maximum absolute atomic E-state index is 4.39. The Balaban J connectivity index is 0. The molecule has 0 aromatic carbocycles. The maximum Gasteiger partial charge on any atom is 0.255 e. The van der Waals surface area contributed by atoms with Crippen molar-refractivity contribution in [2.75, 3.05) is 46.5 Å². The topological polar surface area (TPSA) is 29.0 Å². The van der Waals surface area contributed by atoms with Gasteiger partial charge in [0.05, 0.1) is 34.2 Å². The highest BCUT2D eigenvalue weighted by Crippen LogP contribution is 2.05. The van der Waals surface area contributed by atoms with Crippen LogP contribution in [0.15, 0.2) is 4.99 Å². The third-order valence-corrected chi connectivity index (χ3v) is 3.02. The number of quaternary nitrogens is 2. The van der Waals surface area contributed by atoms with Crippen molar-refractivity contribution in [1.29, 1.82) is 0 Å². The fraction of sp³-hybridized carbons (Fsp3) is 0.889. The second-order valence-corrected chi connectivity index (χ2v) is 5.54. The van der Waals surface area contributed by atoms with Crippen molar-refractivity contribution < 1.29 is 43.8 Å². The van der Waals surface area contributed by atoms with Crippen molar-refractivity contribution in [2.24, 2.45) is 4.99 Å². The van der Waals surface area contributed by atoms with E-state index >= 15 is 0 Å². The second kappa shape index (κ2) is 8.98. The Morgan fingerprint density at radius 1 is 1.33 bits per heavy atom. The van der Waals surface area contributed by atoms with Gasteiger partial charge in [-0.05, 0) is 11.8 Å². The van der Waals surface area contributed by atoms with E-state index in [1.807, 2.05) is 11.8 Å². The Kier molecular flexibility index (Phi) is 10.9. The molecule has 0 saturated carbocycles. The highest BCUT2D eigenvalue weighted by atomic mass is 79.9. The van der Waals surface area contributed by atoms with Crippen LogP contribution in [0.5, 0.6) is 0 Å². The molecule has 92 valence electrons. The number of halogens is 2. The van der Waals surface area contributed by atoms with Gasteiger partial charge in [0.2, 0.25) is 0 Å². The third-order valence-electron chi connectivity index (χ3n) is 1.94. The number of rotatable bonds is 4. The molecule has 0 amide bonds. The van der Waals surface area contributed by atoms with Crippen molar-refractivity contribution in [3.05, 3.63) is 0 Å². The van der Waals surface area contributed by atoms with Gasteiger partial charge in [0.1, 0.15) is 6.54 Å². The van der Waals surface area contributed by atoms with E-state index in [4.69, 9.17) is 0 Å². The largest absolute Gasteiger partial charge is 1.00 e. The molecule has 1 aliphatic rings. The molecule has 6 heteroatoms. The summed E-state index contributed by atoms with van der Waals surface area (Å²) in [6.07, 6.45) is 1.28. The summed E-state index contributed by atoms with van der Waals surface area (Å²) < 4.78 is 1.07. The molecule has 1 aliphatic heterocycles. The normalized spacial score (nSPS) is 15.3. The van der Waals surface area contributed by atoms with E-state index in [1.165, 1.54) is 23.9 Å². The van der Waals surface area contributed by atoms with Crippen molar-refractivity contribution in [3.8, 4) is 0 Å². The lowest BCUT2D eigenvalue weighted by molar-refractivity contribution is -0.870. The van der Waals surface area contributed by atoms with E-state index in [0.29, 0.717) is 0 Å². The monoisotopic (exact) mass is 361 g/mol. The van der Waals surface area contributed by atoms with E-state index in [9.17, 15) is 0 Å². The molecular formula is C9H21Br2N3S. The van der Waals surface area contributed by atoms with Crippen LogP contribution in [0.25, 0.3) is 0 Å². The highest BCUT2D eigenvalue weighted by Gasteiger charge is 2.11. The van der Waals surface area contributed by atoms with Crippen LogP contribution in [0.2, 0.25) is 0 Å². The summed E-state index contributed by atoms with van der Waals surface area (Å²) in [4.78, 5) is 4.39. The van der Waals surface area contributed by atoms with Gasteiger partial charge in [0.15, 0.2) is 0 Å². The fourth-order valence-corrected chi connectivity index (χ4v) is 2.15. The SMILES string of the molecule is C[N+](C)(C)CCCSC1=NCC[NH2+]1.[Br-].[Br-]. The van der Waals surface area contributed by atoms with E-state index in [0.717, 1.165) is 17.6 Å². The van der Waals surface area contributed by atoms with Crippen molar-refractivity contribution in [2.45, 2.75) is 6.42 Å². The number of aliphatic imine (C=N–C) groups is 1. The molecule has 0 aromatic heterocycles. The van der Waals surface area contributed by atoms with Crippen molar-refractivity contribution in [3.63, 3.8) is 0 Å². The number of nitrogens with zero attached hydrogens (tertiary/aromatic N) is 2. The molecule has 0 spiro atoms. The molecule has 1 rings (SSSR count). The van der Waals surface area contributed by atoms with Crippen LogP contribution >= 0.6 is 11.8 Å². The summed E-state index contributed by atoms with van der Waals surface area (Å²) >= 11 is 1.91. The van der Waals surface area contributed by atoms with Crippen molar-refractivity contribution >= 4 is 16.9 Å². The first-order valence-electron chi connectivity index (χ1n) is 4.89. The molecule has 0 aromatic rings. The summed E-state index contributed by atoms with van der Waals surface area (Å²) in [6, 6.07) is 0. The molecule has 0 fully saturated rings. The molecule has 0 saturated heterocycles. The van der Waals surface area contributed by atoms with Gasteiger partial charge in [-0.25, -0.2) is 4.99 Å². The minimum absolute atomic E-state index is 0. The molecule has 1 heterocycles. The Morgan fingerprint density at radius 2 is 2.00 bits per heavy atom. The quantitative estimate of drug-likeness (QED) is 0.391. The molecule has 0 unspecified atom stereocenters. The predicted octanol–water partition coefficient (Wildman–Crippen LogP) is -6.24. The van der Waals surface area contributed by atoms with Gasteiger partial charge in [-0.3, -0.25) is 5.32 Å². The average molecular weight is 363 g/mol. The van der Waals surface area contributed by atoms with Crippen LogP contribution < -0.4 is 39.3 Å². The number of nitrogens with two attached hydrogens (primary N) is 1. The zero-order valence-corrected chi connectivity index (χ0v) is 13.7. The lowest BCUT2D eigenvalue weighted by atomic mass is 10.4. The molecule has 0 bridgehead atoms. The van der Waals surface area contributed by atoms with Crippen molar-refractivity contribution in [1.82, 2.24) is 0 Å². The van der Waals surface area contributed by atoms with Gasteiger partial charge in [-0.1, -0.05) is 0 Å². The van der Waals surface area contributed by atoms with Crippen LogP contribution in [-0.4, -0.2) is 56.2 Å². The van der Waals surface area contributed by atoms with Crippen LogP contribution in [-0.2, 0) is 0 Å². The molecule has 0 radical (unpaired) electrons. The van der Waals surface area contributed by atoms with Gasteiger partial charge in [0.25, 0.3) is 5.17 Å². The molecular weight excluding hydrogens is 342 g/mol. The van der Waals surface area contributed by atoms with Crippen LogP contribution in [0, 0.1) is 0 Å². The van der Waals surface area contributed by atoms with Gasteiger partial charge in [-0.2, -0.15) is 0 Å². The fourth-order valence-electron chi connectivity index (χ4n) is 1.25. The molecule has 0 atom stereocenters. The summed E-state index contributed by atoms with van der Waals surface area (Å²) in [6.45, 7) is 3.41. The van der Waals surface area contributed by atoms with Gasteiger partial charge in [0, 0.05) is 12.2 Å². The van der Waals surface area contributed by atoms with Crippen LogP contribution in [0.3, 0.4) is 0 Å². The summed E-state index contributed by atoms with van der Waals surface area (Å²) in [5.74, 6) is 1.21. The first-order valence-corrected chi connectivity index (χ1v) is 5.87. The predicted molar refractivity (Wildman–Crippen MR) is 59.1 cm³/mol. The molecule has 3 nitrogen and oxygen atoms in total. The van der Waals surface area contributed by atoms with E-state index in [-0.39, 0.29) is 34.0 Å². The Morgan fingerprint density at radius 3 is 2.47 bits per heavy atom. The summed E-state index contributed by atoms with van der Waals surface area (Å²) in [7, 11) is 6.72. The number of hydrogen-bond acceptors (Lipinski definition) is 2. The van der Waals surface area contributed by atoms with E-state index in [1.54, 1.807) is 0 Å². The summed E-state index contributed by atoms with van der Waals surface area (Å²) in [5, 5.41) is 3.51. The van der Waals surface area contributed by atoms with E-state index in [2.05, 4.69) is 31.5 Å². The zero-order chi connectivity index (χ0) is 9.73. The minimum Gasteiger partial charge on any atom is -1.00 e. The van der Waals surface area contributed by atoms with Gasteiger partial charge in [-0.15, -0.1) is 0 Å². The molecule has 15 heavy (non-hydrogen) atoms. The first kappa shape index (κ1) is 18.3. The molecule has 2 N–H and O–H groups in total. The van der Waals surface area contributed by atoms with Gasteiger partial charge < -0.3 is 38.4 Å². The maximum atomic E-state index is 4.39. The Bertz CT molecular complexity index is 192. The first-order chi connectivity index (χ1) is 6.08. The van der Waals surface area contributed by atoms with Crippen LogP contribution in [0.1, 0.15) is 6.42 Å². The zero-order valence-electron chi connectivity index (χ0n) is 9.67.